The van der Waals surface area contributed by atoms with Crippen molar-refractivity contribution in [2.45, 2.75) is 26.3 Å². The molecule has 17 heavy (non-hydrogen) atoms. The summed E-state index contributed by atoms with van der Waals surface area (Å²) in [6.07, 6.45) is -4.60. The summed E-state index contributed by atoms with van der Waals surface area (Å²) >= 11 is 0. The van der Waals surface area contributed by atoms with Gasteiger partial charge < -0.3 is 9.47 Å². The van der Waals surface area contributed by atoms with E-state index in [1.807, 2.05) is 0 Å². The van der Waals surface area contributed by atoms with E-state index in [4.69, 9.17) is 4.74 Å². The highest BCUT2D eigenvalue weighted by molar-refractivity contribution is 5.76. The standard InChI is InChI=1S/C11H11F3O3/c1-7(2)16-10-5-8(6-15)3-4-9(10)17-11(12,13)14/h3-7H,1-2H3. The summed E-state index contributed by atoms with van der Waals surface area (Å²) in [6, 6.07) is 3.48. The molecule has 1 rings (SSSR count). The predicted molar refractivity (Wildman–Crippen MR) is 54.3 cm³/mol. The number of aldehydes is 1. The van der Waals surface area contributed by atoms with E-state index in [0.29, 0.717) is 6.29 Å². The molecule has 0 amide bonds. The first-order chi connectivity index (χ1) is 7.81. The normalized spacial score (nSPS) is 11.4. The Labute approximate surface area is 96.1 Å². The van der Waals surface area contributed by atoms with Crippen LogP contribution in [0.25, 0.3) is 0 Å². The molecule has 0 saturated heterocycles. The number of benzene rings is 1. The fraction of sp³-hybridized carbons (Fsp3) is 0.364. The smallest absolute Gasteiger partial charge is 0.487 e. The molecule has 0 aromatic heterocycles. The van der Waals surface area contributed by atoms with Crippen molar-refractivity contribution >= 4 is 6.29 Å². The van der Waals surface area contributed by atoms with Crippen molar-refractivity contribution < 1.29 is 27.4 Å². The summed E-state index contributed by atoms with van der Waals surface area (Å²) in [4.78, 5) is 10.5. The minimum absolute atomic E-state index is 0.109. The lowest BCUT2D eigenvalue weighted by Crippen LogP contribution is -2.18. The molecule has 0 spiro atoms. The molecular weight excluding hydrogens is 237 g/mol. The molecule has 0 unspecified atom stereocenters. The van der Waals surface area contributed by atoms with Crippen molar-refractivity contribution in [3.8, 4) is 11.5 Å². The Morgan fingerprint density at radius 2 is 1.88 bits per heavy atom. The van der Waals surface area contributed by atoms with Crippen LogP contribution < -0.4 is 9.47 Å². The van der Waals surface area contributed by atoms with Gasteiger partial charge in [-0.15, -0.1) is 13.2 Å². The number of hydrogen-bond donors (Lipinski definition) is 0. The van der Waals surface area contributed by atoms with Crippen LogP contribution in [0.1, 0.15) is 24.2 Å². The third-order valence-electron chi connectivity index (χ3n) is 1.69. The monoisotopic (exact) mass is 248 g/mol. The zero-order valence-electron chi connectivity index (χ0n) is 9.25. The molecule has 1 aromatic carbocycles. The lowest BCUT2D eigenvalue weighted by Gasteiger charge is -2.16. The van der Waals surface area contributed by atoms with Gasteiger partial charge in [0, 0.05) is 5.56 Å². The summed E-state index contributed by atoms with van der Waals surface area (Å²) in [5, 5.41) is 0. The van der Waals surface area contributed by atoms with Gasteiger partial charge in [-0.25, -0.2) is 0 Å². The third-order valence-corrected chi connectivity index (χ3v) is 1.69. The minimum atomic E-state index is -4.79. The second-order valence-corrected chi connectivity index (χ2v) is 3.54. The summed E-state index contributed by atoms with van der Waals surface area (Å²) in [5.41, 5.74) is 0.218. The maximum atomic E-state index is 12.1. The molecule has 0 aliphatic rings. The number of rotatable bonds is 4. The molecule has 6 heteroatoms. The summed E-state index contributed by atoms with van der Waals surface area (Å²) in [5.74, 6) is -0.571. The molecule has 94 valence electrons. The zero-order chi connectivity index (χ0) is 13.1. The maximum absolute atomic E-state index is 12.1. The van der Waals surface area contributed by atoms with Crippen LogP contribution in [0.3, 0.4) is 0 Å². The third kappa shape index (κ3) is 4.34. The lowest BCUT2D eigenvalue weighted by atomic mass is 10.2. The molecule has 0 heterocycles. The van der Waals surface area contributed by atoms with Crippen LogP contribution in [0.5, 0.6) is 11.5 Å². The fourth-order valence-corrected chi connectivity index (χ4v) is 1.15. The molecule has 3 nitrogen and oxygen atoms in total. The van der Waals surface area contributed by atoms with E-state index in [1.54, 1.807) is 13.8 Å². The summed E-state index contributed by atoms with van der Waals surface area (Å²) < 4.78 is 45.2. The van der Waals surface area contributed by atoms with Crippen LogP contribution >= 0.6 is 0 Å². The molecule has 0 saturated carbocycles. The molecular formula is C11H11F3O3. The van der Waals surface area contributed by atoms with Gasteiger partial charge in [-0.05, 0) is 32.0 Å². The molecule has 1 aromatic rings. The highest BCUT2D eigenvalue weighted by Gasteiger charge is 2.32. The topological polar surface area (TPSA) is 35.5 Å². The SMILES string of the molecule is CC(C)Oc1cc(C=O)ccc1OC(F)(F)F. The van der Waals surface area contributed by atoms with Crippen molar-refractivity contribution in [2.75, 3.05) is 0 Å². The van der Waals surface area contributed by atoms with Crippen LogP contribution in [-0.4, -0.2) is 18.8 Å². The fourth-order valence-electron chi connectivity index (χ4n) is 1.15. The van der Waals surface area contributed by atoms with E-state index in [1.165, 1.54) is 12.1 Å². The number of ether oxygens (including phenoxy) is 2. The van der Waals surface area contributed by atoms with Crippen molar-refractivity contribution in [1.29, 1.82) is 0 Å². The van der Waals surface area contributed by atoms with Crippen LogP contribution in [-0.2, 0) is 0 Å². The van der Waals surface area contributed by atoms with Gasteiger partial charge in [0.15, 0.2) is 11.5 Å². The van der Waals surface area contributed by atoms with E-state index in [2.05, 4.69) is 4.74 Å². The first-order valence-electron chi connectivity index (χ1n) is 4.83. The molecule has 0 bridgehead atoms. The number of halogens is 3. The Kier molecular flexibility index (Phi) is 3.98. The van der Waals surface area contributed by atoms with Crippen molar-refractivity contribution in [1.82, 2.24) is 0 Å². The first-order valence-corrected chi connectivity index (χ1v) is 4.83. The van der Waals surface area contributed by atoms with Gasteiger partial charge in [0.25, 0.3) is 0 Å². The van der Waals surface area contributed by atoms with E-state index < -0.39 is 12.1 Å². The second-order valence-electron chi connectivity index (χ2n) is 3.54. The van der Waals surface area contributed by atoms with Gasteiger partial charge >= 0.3 is 6.36 Å². The van der Waals surface area contributed by atoms with Crippen molar-refractivity contribution in [3.05, 3.63) is 23.8 Å². The molecule has 0 radical (unpaired) electrons. The summed E-state index contributed by atoms with van der Waals surface area (Å²) in [7, 11) is 0. The van der Waals surface area contributed by atoms with E-state index in [-0.39, 0.29) is 17.4 Å². The minimum Gasteiger partial charge on any atom is -0.487 e. The number of carbonyl (C=O) groups is 1. The van der Waals surface area contributed by atoms with Gasteiger partial charge in [-0.1, -0.05) is 0 Å². The quantitative estimate of drug-likeness (QED) is 0.767. The molecule has 0 atom stereocenters. The lowest BCUT2D eigenvalue weighted by molar-refractivity contribution is -0.275. The van der Waals surface area contributed by atoms with E-state index in [9.17, 15) is 18.0 Å². The molecule has 0 N–H and O–H groups in total. The Hall–Kier alpha value is -1.72. The predicted octanol–water partition coefficient (Wildman–Crippen LogP) is 3.18. The van der Waals surface area contributed by atoms with Crippen molar-refractivity contribution in [2.24, 2.45) is 0 Å². The molecule has 0 aliphatic carbocycles. The number of carbonyl (C=O) groups excluding carboxylic acids is 1. The Morgan fingerprint density at radius 3 is 2.35 bits per heavy atom. The number of hydrogen-bond acceptors (Lipinski definition) is 3. The maximum Gasteiger partial charge on any atom is 0.573 e. The van der Waals surface area contributed by atoms with Crippen LogP contribution in [0, 0.1) is 0 Å². The molecule has 0 aliphatic heterocycles. The first kappa shape index (κ1) is 13.3. The average Bonchev–Trinajstić information content (AvgIpc) is 2.17. The zero-order valence-corrected chi connectivity index (χ0v) is 9.25. The van der Waals surface area contributed by atoms with Crippen LogP contribution in [0.2, 0.25) is 0 Å². The van der Waals surface area contributed by atoms with Gasteiger partial charge in [0.05, 0.1) is 6.10 Å². The number of alkyl halides is 3. The van der Waals surface area contributed by atoms with E-state index in [0.717, 1.165) is 6.07 Å². The highest BCUT2D eigenvalue weighted by Crippen LogP contribution is 2.33. The van der Waals surface area contributed by atoms with Crippen LogP contribution in [0.4, 0.5) is 13.2 Å². The van der Waals surface area contributed by atoms with Crippen LogP contribution in [0.15, 0.2) is 18.2 Å². The molecule has 0 fully saturated rings. The Morgan fingerprint density at radius 1 is 1.24 bits per heavy atom. The Balaban J connectivity index is 3.06. The van der Waals surface area contributed by atoms with Gasteiger partial charge in [0.1, 0.15) is 6.29 Å². The largest absolute Gasteiger partial charge is 0.573 e. The Bertz CT molecular complexity index is 399. The van der Waals surface area contributed by atoms with Gasteiger partial charge in [0.2, 0.25) is 0 Å². The summed E-state index contributed by atoms with van der Waals surface area (Å²) in [6.45, 7) is 3.32. The average molecular weight is 248 g/mol. The second kappa shape index (κ2) is 5.07. The van der Waals surface area contributed by atoms with Crippen molar-refractivity contribution in [3.63, 3.8) is 0 Å². The van der Waals surface area contributed by atoms with Gasteiger partial charge in [-0.2, -0.15) is 0 Å². The highest BCUT2D eigenvalue weighted by atomic mass is 19.4. The van der Waals surface area contributed by atoms with Gasteiger partial charge in [-0.3, -0.25) is 4.79 Å². The van der Waals surface area contributed by atoms with E-state index >= 15 is 0 Å².